The molecule has 0 aliphatic heterocycles. The number of nitrogens with one attached hydrogen (secondary N) is 1. The van der Waals surface area contributed by atoms with Gasteiger partial charge < -0.3 is 9.42 Å². The molecule has 0 aliphatic rings. The summed E-state index contributed by atoms with van der Waals surface area (Å²) in [6.45, 7) is 6.71. The summed E-state index contributed by atoms with van der Waals surface area (Å²) in [5.74, 6) is 1.57. The second-order valence-electron chi connectivity index (χ2n) is 5.87. The first kappa shape index (κ1) is 16.7. The third kappa shape index (κ3) is 3.87. The molecule has 11 nitrogen and oxygen atoms in total. The maximum atomic E-state index is 12.6. The molecule has 3 aromatic rings. The highest BCUT2D eigenvalue weighted by atomic mass is 16.5. The number of nitrogens with zero attached hydrogens (tertiary/aromatic N) is 8. The molecule has 0 atom stereocenters. The van der Waals surface area contributed by atoms with Gasteiger partial charge in [-0.2, -0.15) is 9.97 Å². The summed E-state index contributed by atoms with van der Waals surface area (Å²) in [6.07, 6.45) is 3.60. The Labute approximate surface area is 143 Å². The predicted molar refractivity (Wildman–Crippen MR) is 84.6 cm³/mol. The molecule has 0 saturated heterocycles. The second kappa shape index (κ2) is 7.20. The average Bonchev–Trinajstić information content (AvgIpc) is 3.32. The molecule has 3 heterocycles. The van der Waals surface area contributed by atoms with E-state index in [2.05, 4.69) is 49.4 Å². The summed E-state index contributed by atoms with van der Waals surface area (Å²) in [5, 5.41) is 17.9. The number of amides is 1. The molecule has 25 heavy (non-hydrogen) atoms. The number of hydrogen-bond donors (Lipinski definition) is 1. The van der Waals surface area contributed by atoms with Gasteiger partial charge in [-0.05, 0) is 12.8 Å². The van der Waals surface area contributed by atoms with Crippen LogP contribution in [0.3, 0.4) is 0 Å². The molecule has 0 aromatic carbocycles. The van der Waals surface area contributed by atoms with Crippen LogP contribution in [0.4, 0.5) is 0 Å². The Morgan fingerprint density at radius 3 is 2.76 bits per heavy atom. The van der Waals surface area contributed by atoms with Crippen molar-refractivity contribution in [2.75, 3.05) is 6.54 Å². The van der Waals surface area contributed by atoms with Gasteiger partial charge in [-0.3, -0.25) is 14.5 Å². The lowest BCUT2D eigenvalue weighted by molar-refractivity contribution is 0.0735. The van der Waals surface area contributed by atoms with Crippen molar-refractivity contribution >= 4 is 5.91 Å². The van der Waals surface area contributed by atoms with Crippen molar-refractivity contribution in [3.8, 4) is 5.95 Å². The molecule has 0 saturated carbocycles. The summed E-state index contributed by atoms with van der Waals surface area (Å²) >= 11 is 0. The maximum Gasteiger partial charge on any atom is 0.291 e. The number of aromatic nitrogens is 8. The highest BCUT2D eigenvalue weighted by Crippen LogP contribution is 2.09. The van der Waals surface area contributed by atoms with E-state index in [1.165, 1.54) is 17.2 Å². The number of aromatic amines is 1. The highest BCUT2D eigenvalue weighted by molar-refractivity contribution is 5.90. The van der Waals surface area contributed by atoms with E-state index in [0.717, 1.165) is 0 Å². The van der Waals surface area contributed by atoms with Gasteiger partial charge in [0.25, 0.3) is 11.9 Å². The molecule has 0 spiro atoms. The molecular formula is C14H19N9O2. The molecule has 1 N–H and O–H groups in total. The van der Waals surface area contributed by atoms with E-state index >= 15 is 0 Å². The topological polar surface area (TPSA) is 132 Å². The first-order chi connectivity index (χ1) is 12.1. The number of carbonyl (C=O) groups is 1. The Morgan fingerprint density at radius 1 is 1.32 bits per heavy atom. The van der Waals surface area contributed by atoms with Gasteiger partial charge in [0.2, 0.25) is 11.7 Å². The first-order valence-corrected chi connectivity index (χ1v) is 7.95. The molecule has 0 fully saturated rings. The Hall–Kier alpha value is -3.11. The minimum atomic E-state index is -0.301. The summed E-state index contributed by atoms with van der Waals surface area (Å²) in [5.41, 5.74) is 0. The fourth-order valence-electron chi connectivity index (χ4n) is 2.20. The SMILES string of the molecule is CCN(Cc1noc(CC(C)C)n1)C(=O)c1nc(-n2cnnc2)n[nH]1. The van der Waals surface area contributed by atoms with Crippen LogP contribution >= 0.6 is 0 Å². The van der Waals surface area contributed by atoms with Crippen LogP contribution in [0.15, 0.2) is 17.2 Å². The Morgan fingerprint density at radius 2 is 2.08 bits per heavy atom. The van der Waals surface area contributed by atoms with Gasteiger partial charge in [0.1, 0.15) is 12.7 Å². The zero-order valence-corrected chi connectivity index (χ0v) is 14.2. The molecular weight excluding hydrogens is 326 g/mol. The van der Waals surface area contributed by atoms with Crippen LogP contribution in [0, 0.1) is 5.92 Å². The number of H-pyrrole nitrogens is 1. The molecule has 0 aliphatic carbocycles. The van der Waals surface area contributed by atoms with E-state index in [9.17, 15) is 4.79 Å². The molecule has 0 bridgehead atoms. The van der Waals surface area contributed by atoms with Crippen LogP contribution in [0.25, 0.3) is 5.95 Å². The Balaban J connectivity index is 1.70. The fourth-order valence-corrected chi connectivity index (χ4v) is 2.20. The van der Waals surface area contributed by atoms with Gasteiger partial charge >= 0.3 is 0 Å². The van der Waals surface area contributed by atoms with Crippen molar-refractivity contribution in [1.82, 2.24) is 45.0 Å². The van der Waals surface area contributed by atoms with Crippen molar-refractivity contribution in [3.63, 3.8) is 0 Å². The fraction of sp³-hybridized carbons (Fsp3) is 0.500. The van der Waals surface area contributed by atoms with Crippen LogP contribution in [0.2, 0.25) is 0 Å². The Bertz CT molecular complexity index is 821. The van der Waals surface area contributed by atoms with E-state index in [4.69, 9.17) is 4.52 Å². The van der Waals surface area contributed by atoms with E-state index < -0.39 is 0 Å². The zero-order valence-electron chi connectivity index (χ0n) is 14.2. The zero-order chi connectivity index (χ0) is 17.8. The minimum absolute atomic E-state index is 0.122. The molecule has 3 aromatic heterocycles. The normalized spacial score (nSPS) is 11.2. The van der Waals surface area contributed by atoms with Crippen LogP contribution in [-0.2, 0) is 13.0 Å². The van der Waals surface area contributed by atoms with E-state index in [0.29, 0.717) is 36.5 Å². The van der Waals surface area contributed by atoms with Crippen LogP contribution in [0.1, 0.15) is 43.1 Å². The number of hydrogen-bond acceptors (Lipinski definition) is 8. The molecule has 1 amide bonds. The van der Waals surface area contributed by atoms with Crippen molar-refractivity contribution in [1.29, 1.82) is 0 Å². The quantitative estimate of drug-likeness (QED) is 0.659. The predicted octanol–water partition coefficient (Wildman–Crippen LogP) is 0.629. The van der Waals surface area contributed by atoms with Gasteiger partial charge in [-0.25, -0.2) is 0 Å². The molecule has 0 unspecified atom stereocenters. The lowest BCUT2D eigenvalue weighted by Gasteiger charge is -2.16. The van der Waals surface area contributed by atoms with Crippen LogP contribution in [-0.4, -0.2) is 57.4 Å². The molecule has 132 valence electrons. The summed E-state index contributed by atoms with van der Waals surface area (Å²) < 4.78 is 6.71. The smallest absolute Gasteiger partial charge is 0.291 e. The third-order valence-electron chi connectivity index (χ3n) is 3.42. The summed E-state index contributed by atoms with van der Waals surface area (Å²) in [4.78, 5) is 22.7. The minimum Gasteiger partial charge on any atom is -0.339 e. The first-order valence-electron chi connectivity index (χ1n) is 7.95. The molecule has 11 heteroatoms. The van der Waals surface area contributed by atoms with Gasteiger partial charge in [0.05, 0.1) is 6.54 Å². The number of rotatable bonds is 7. The van der Waals surface area contributed by atoms with Crippen LogP contribution < -0.4 is 0 Å². The molecule has 3 rings (SSSR count). The van der Waals surface area contributed by atoms with Gasteiger partial charge in [0.15, 0.2) is 5.82 Å². The summed E-state index contributed by atoms with van der Waals surface area (Å²) in [7, 11) is 0. The monoisotopic (exact) mass is 345 g/mol. The van der Waals surface area contributed by atoms with Gasteiger partial charge in [0, 0.05) is 13.0 Å². The largest absolute Gasteiger partial charge is 0.339 e. The lowest BCUT2D eigenvalue weighted by atomic mass is 10.1. The lowest BCUT2D eigenvalue weighted by Crippen LogP contribution is -2.31. The summed E-state index contributed by atoms with van der Waals surface area (Å²) in [6, 6.07) is 0. The van der Waals surface area contributed by atoms with E-state index in [1.807, 2.05) is 6.92 Å². The van der Waals surface area contributed by atoms with E-state index in [1.54, 1.807) is 4.90 Å². The van der Waals surface area contributed by atoms with Crippen molar-refractivity contribution in [2.45, 2.75) is 33.7 Å². The van der Waals surface area contributed by atoms with Crippen LogP contribution in [0.5, 0.6) is 0 Å². The highest BCUT2D eigenvalue weighted by Gasteiger charge is 2.21. The van der Waals surface area contributed by atoms with Crippen molar-refractivity contribution in [3.05, 3.63) is 30.2 Å². The van der Waals surface area contributed by atoms with Crippen molar-refractivity contribution in [2.24, 2.45) is 5.92 Å². The van der Waals surface area contributed by atoms with Gasteiger partial charge in [-0.1, -0.05) is 19.0 Å². The Kier molecular flexibility index (Phi) is 4.82. The van der Waals surface area contributed by atoms with E-state index in [-0.39, 0.29) is 18.3 Å². The number of carbonyl (C=O) groups excluding carboxylic acids is 1. The molecule has 0 radical (unpaired) electrons. The van der Waals surface area contributed by atoms with Gasteiger partial charge in [-0.15, -0.1) is 15.3 Å². The standard InChI is InChI=1S/C14H19N9O2/c1-4-22(6-10-17-11(25-21-10)5-9(2)3)13(24)12-18-14(20-19-12)23-7-15-16-8-23/h7-9H,4-6H2,1-3H3,(H,18,19,20). The second-order valence-corrected chi connectivity index (χ2v) is 5.87. The third-order valence-corrected chi connectivity index (χ3v) is 3.42. The average molecular weight is 345 g/mol. The van der Waals surface area contributed by atoms with Crippen molar-refractivity contribution < 1.29 is 9.32 Å². The maximum absolute atomic E-state index is 12.6.